The normalized spacial score (nSPS) is 13.8. The smallest absolute Gasteiger partial charge is 0.276 e. The lowest BCUT2D eigenvalue weighted by molar-refractivity contribution is -0.110. The number of ether oxygens (including phenoxy) is 2. The molecule has 1 aromatic heterocycles. The van der Waals surface area contributed by atoms with Gasteiger partial charge in [-0.1, -0.05) is 6.08 Å². The van der Waals surface area contributed by atoms with Crippen molar-refractivity contribution in [1.82, 2.24) is 15.0 Å². The van der Waals surface area contributed by atoms with E-state index in [4.69, 9.17) is 31.5 Å². The predicted molar refractivity (Wildman–Crippen MR) is 225 cm³/mol. The summed E-state index contributed by atoms with van der Waals surface area (Å²) in [7, 11) is 4.51. The molecule has 306 valence electrons. The van der Waals surface area contributed by atoms with Crippen LogP contribution in [0.5, 0.6) is 11.5 Å². The molecule has 0 spiro atoms. The maximum absolute atomic E-state index is 13.4. The summed E-state index contributed by atoms with van der Waals surface area (Å²) in [6.45, 7) is 11.7. The maximum Gasteiger partial charge on any atom is 0.276 e. The average Bonchev–Trinajstić information content (AvgIpc) is 3.55. The summed E-state index contributed by atoms with van der Waals surface area (Å²) >= 11 is 0. The molecule has 18 heteroatoms. The Kier molecular flexibility index (Phi) is 21.3. The monoisotopic (exact) mass is 778 g/mol. The fourth-order valence-electron chi connectivity index (χ4n) is 5.71. The number of hydrogen-bond donors (Lipinski definition) is 7. The first-order chi connectivity index (χ1) is 27.0. The van der Waals surface area contributed by atoms with Crippen molar-refractivity contribution >= 4 is 64.7 Å². The first-order valence-electron chi connectivity index (χ1n) is 17.8. The third-order valence-electron chi connectivity index (χ3n) is 7.88. The Hall–Kier alpha value is -6.27. The van der Waals surface area contributed by atoms with Crippen molar-refractivity contribution in [3.63, 3.8) is 0 Å². The lowest BCUT2D eigenvalue weighted by Crippen LogP contribution is -2.44. The van der Waals surface area contributed by atoms with Crippen LogP contribution in [0.15, 0.2) is 58.3 Å². The third-order valence-corrected chi connectivity index (χ3v) is 7.88. The largest absolute Gasteiger partial charge is 0.494 e. The van der Waals surface area contributed by atoms with Crippen LogP contribution in [-0.4, -0.2) is 99.4 Å². The minimum atomic E-state index is -0.597. The van der Waals surface area contributed by atoms with Crippen molar-refractivity contribution in [3.8, 4) is 11.5 Å². The van der Waals surface area contributed by atoms with Gasteiger partial charge in [-0.05, 0) is 91.0 Å². The van der Waals surface area contributed by atoms with Gasteiger partial charge in [-0.25, -0.2) is 4.98 Å². The van der Waals surface area contributed by atoms with E-state index < -0.39 is 11.8 Å². The van der Waals surface area contributed by atoms with Crippen LogP contribution in [0, 0.1) is 0 Å². The van der Waals surface area contributed by atoms with Crippen LogP contribution in [0.1, 0.15) is 61.3 Å². The second-order valence-corrected chi connectivity index (χ2v) is 11.7. The van der Waals surface area contributed by atoms with E-state index in [1.807, 2.05) is 44.3 Å². The van der Waals surface area contributed by atoms with Crippen molar-refractivity contribution in [2.45, 2.75) is 53.1 Å². The molecule has 0 saturated carbocycles. The number of allylic oxidation sites excluding steroid dienone is 2. The van der Waals surface area contributed by atoms with Gasteiger partial charge in [0.1, 0.15) is 48.1 Å². The number of nitrogen functional groups attached to an aromatic ring is 1. The number of aldehydes is 1. The van der Waals surface area contributed by atoms with Crippen LogP contribution < -0.4 is 53.8 Å². The molecule has 2 heterocycles. The number of carbonyl (C=O) groups is 4. The minimum absolute atomic E-state index is 0.114. The highest BCUT2D eigenvalue weighted by atomic mass is 16.5. The number of rotatable bonds is 16. The van der Waals surface area contributed by atoms with Crippen LogP contribution in [-0.2, 0) is 16.1 Å². The zero-order chi connectivity index (χ0) is 42.4. The summed E-state index contributed by atoms with van der Waals surface area (Å²) in [5.74, 6) is 0.111. The van der Waals surface area contributed by atoms with Gasteiger partial charge in [0.15, 0.2) is 0 Å². The number of benzene rings is 2. The second kappa shape index (κ2) is 24.9. The number of aliphatic imine (C=N–C) groups is 1. The first-order valence-corrected chi connectivity index (χ1v) is 17.8. The number of carbonyl (C=O) groups excluding carboxylic acids is 4. The topological polar surface area (TPSA) is 287 Å². The zero-order valence-electron chi connectivity index (χ0n) is 33.4. The van der Waals surface area contributed by atoms with Gasteiger partial charge in [0.05, 0.1) is 30.1 Å². The Balaban J connectivity index is 0.00000249. The van der Waals surface area contributed by atoms with E-state index in [1.165, 1.54) is 27.3 Å². The number of hydrogen-bond acceptors (Lipinski definition) is 15. The van der Waals surface area contributed by atoms with Crippen molar-refractivity contribution in [3.05, 3.63) is 59.3 Å². The molecule has 0 bridgehead atoms. The molecule has 0 aliphatic carbocycles. The molecule has 2 amide bonds. The van der Waals surface area contributed by atoms with E-state index in [2.05, 4.69) is 42.2 Å². The number of imidazole rings is 1. The highest BCUT2D eigenvalue weighted by Crippen LogP contribution is 2.41. The minimum Gasteiger partial charge on any atom is -0.494 e. The summed E-state index contributed by atoms with van der Waals surface area (Å²) in [5, 5.41) is 7.19. The fraction of sp³-hybridized carbons (Fsp3) is 0.395. The van der Waals surface area contributed by atoms with Gasteiger partial charge in [0.25, 0.3) is 5.91 Å². The standard InChI is InChI=1S/C35H46N10O5.2CH5N.CH2O/c1-6-39-28(14-21(3)36)34(48)42-35-41-27-15-23(19-46)16-29(49-5)32(27)45(35)13-9-11-25-20-50-30-18-24(33(38)47)17-26(37)31(30)44(25)12-8-10-22(4)43-40-7-2;3*1-2/h8,10,14-19,25,40H,6-7,9,11-13,20,36-37H2,1-5H3,(H2,38,47)(H,41,42,48);2*2H2,1H3;1H2/b10-8+,21-14-,39-28?,43-22-;;;. The van der Waals surface area contributed by atoms with Gasteiger partial charge in [-0.2, -0.15) is 5.10 Å². The molecule has 4 rings (SSSR count). The summed E-state index contributed by atoms with van der Waals surface area (Å²) < 4.78 is 13.7. The van der Waals surface area contributed by atoms with E-state index in [-0.39, 0.29) is 23.3 Å². The van der Waals surface area contributed by atoms with Gasteiger partial charge in [0, 0.05) is 43.0 Å². The summed E-state index contributed by atoms with van der Waals surface area (Å²) in [6, 6.07) is 6.34. The molecule has 1 unspecified atom stereocenters. The van der Waals surface area contributed by atoms with Crippen LogP contribution in [0.2, 0.25) is 0 Å². The molecule has 12 N–H and O–H groups in total. The molecule has 1 atom stereocenters. The van der Waals surface area contributed by atoms with Crippen molar-refractivity contribution in [2.24, 2.45) is 33.0 Å². The predicted octanol–water partition coefficient (Wildman–Crippen LogP) is 2.35. The average molecular weight is 779 g/mol. The van der Waals surface area contributed by atoms with E-state index in [9.17, 15) is 14.4 Å². The number of amides is 2. The Morgan fingerprint density at radius 3 is 2.39 bits per heavy atom. The van der Waals surface area contributed by atoms with Crippen molar-refractivity contribution < 1.29 is 28.7 Å². The van der Waals surface area contributed by atoms with Crippen LogP contribution in [0.25, 0.3) is 11.0 Å². The lowest BCUT2D eigenvalue weighted by Gasteiger charge is -2.39. The number of nitrogens with two attached hydrogens (primary N) is 5. The van der Waals surface area contributed by atoms with Crippen molar-refractivity contribution in [1.29, 1.82) is 0 Å². The van der Waals surface area contributed by atoms with E-state index in [0.717, 1.165) is 12.0 Å². The first kappa shape index (κ1) is 47.8. The van der Waals surface area contributed by atoms with Crippen LogP contribution in [0.4, 0.5) is 17.3 Å². The second-order valence-electron chi connectivity index (χ2n) is 11.7. The SMILES string of the molecule is C=O.CCN=C(/C=C(/C)N)C(=O)Nc1nc2cc(C=O)cc(OC)c2n1CCCC1COc2cc(C(N)=O)cc(N)c2N1C/C=C/C(C)=N\NCC.CN.CN. The van der Waals surface area contributed by atoms with E-state index in [1.54, 1.807) is 31.2 Å². The molecule has 56 heavy (non-hydrogen) atoms. The molecular formula is C38H58N12O6. The van der Waals surface area contributed by atoms with Crippen molar-refractivity contribution in [2.75, 3.05) is 63.4 Å². The number of aromatic nitrogens is 2. The number of nitrogens with one attached hydrogen (secondary N) is 2. The number of fused-ring (bicyclic) bond motifs is 2. The molecule has 2 aromatic carbocycles. The number of hydrazone groups is 1. The molecule has 3 aromatic rings. The number of methoxy groups -OCH3 is 1. The summed E-state index contributed by atoms with van der Waals surface area (Å²) in [5.41, 5.74) is 34.1. The fourth-order valence-corrected chi connectivity index (χ4v) is 5.71. The highest BCUT2D eigenvalue weighted by molar-refractivity contribution is 6.47. The maximum atomic E-state index is 13.4. The Morgan fingerprint density at radius 2 is 1.80 bits per heavy atom. The molecule has 18 nitrogen and oxygen atoms in total. The third kappa shape index (κ3) is 12.9. The Bertz CT molecular complexity index is 1880. The molecule has 0 saturated heterocycles. The van der Waals surface area contributed by atoms with E-state index in [0.29, 0.717) is 90.8 Å². The molecule has 0 radical (unpaired) electrons. The number of aryl methyl sites for hydroxylation is 1. The number of anilines is 3. The zero-order valence-corrected chi connectivity index (χ0v) is 33.4. The molecule has 1 aliphatic rings. The van der Waals surface area contributed by atoms with Gasteiger partial charge >= 0.3 is 0 Å². The lowest BCUT2D eigenvalue weighted by atomic mass is 10.0. The van der Waals surface area contributed by atoms with Crippen LogP contribution in [0.3, 0.4) is 0 Å². The Morgan fingerprint density at radius 1 is 1.11 bits per heavy atom. The molecule has 1 aliphatic heterocycles. The van der Waals surface area contributed by atoms with Gasteiger partial charge in [-0.15, -0.1) is 0 Å². The van der Waals surface area contributed by atoms with Gasteiger partial charge in [-0.3, -0.25) is 24.7 Å². The summed E-state index contributed by atoms with van der Waals surface area (Å²) in [6.07, 6.45) is 7.41. The van der Waals surface area contributed by atoms with E-state index >= 15 is 0 Å². The van der Waals surface area contributed by atoms with Gasteiger partial charge in [0.2, 0.25) is 11.9 Å². The molecular weight excluding hydrogens is 720 g/mol. The highest BCUT2D eigenvalue weighted by Gasteiger charge is 2.30. The number of primary amides is 1. The van der Waals surface area contributed by atoms with Crippen LogP contribution >= 0.6 is 0 Å². The number of nitrogens with zero attached hydrogens (tertiary/aromatic N) is 5. The Labute approximate surface area is 328 Å². The molecule has 0 fully saturated rings. The van der Waals surface area contributed by atoms with Gasteiger partial charge < -0.3 is 57.8 Å². The quantitative estimate of drug-likeness (QED) is 0.0476. The summed E-state index contributed by atoms with van der Waals surface area (Å²) in [4.78, 5) is 56.1.